The van der Waals surface area contributed by atoms with Crippen LogP contribution in [-0.2, 0) is 4.79 Å². The highest BCUT2D eigenvalue weighted by atomic mass is 16.6. The van der Waals surface area contributed by atoms with Crippen LogP contribution in [0.5, 0.6) is 0 Å². The van der Waals surface area contributed by atoms with Crippen LogP contribution in [-0.4, -0.2) is 65.8 Å². The summed E-state index contributed by atoms with van der Waals surface area (Å²) in [5, 5.41) is 11.6. The fourth-order valence-corrected chi connectivity index (χ4v) is 3.61. The molecule has 2 saturated heterocycles. The lowest BCUT2D eigenvalue weighted by Gasteiger charge is -2.35. The van der Waals surface area contributed by atoms with Crippen molar-refractivity contribution in [1.29, 1.82) is 0 Å². The number of hydrogen-bond acceptors (Lipinski definition) is 5. The zero-order valence-electron chi connectivity index (χ0n) is 15.0. The molecule has 0 bridgehead atoms. The Labute approximate surface area is 152 Å². The molecule has 0 aliphatic carbocycles. The molecule has 3 rings (SSSR count). The minimum Gasteiger partial charge on any atom is -0.362 e. The molecule has 8 nitrogen and oxygen atoms in total. The summed E-state index contributed by atoms with van der Waals surface area (Å²) in [6.07, 6.45) is 3.08. The van der Waals surface area contributed by atoms with Crippen molar-refractivity contribution in [3.05, 3.63) is 33.9 Å². The lowest BCUT2D eigenvalue weighted by molar-refractivity contribution is -0.384. The van der Waals surface area contributed by atoms with Crippen molar-refractivity contribution in [2.24, 2.45) is 0 Å². The van der Waals surface area contributed by atoms with E-state index in [4.69, 9.17) is 0 Å². The average Bonchev–Trinajstić information content (AvgIpc) is 2.67. The molecule has 2 aliphatic rings. The summed E-state index contributed by atoms with van der Waals surface area (Å²) < 4.78 is 0. The zero-order valence-corrected chi connectivity index (χ0v) is 15.0. The van der Waals surface area contributed by atoms with E-state index in [0.29, 0.717) is 50.5 Å². The van der Waals surface area contributed by atoms with Crippen LogP contribution in [0.25, 0.3) is 0 Å². The fraction of sp³-hybridized carbons (Fsp3) is 0.556. The van der Waals surface area contributed by atoms with Gasteiger partial charge in [-0.3, -0.25) is 19.7 Å². The fourth-order valence-electron chi connectivity index (χ4n) is 3.61. The smallest absolute Gasteiger partial charge is 0.293 e. The lowest BCUT2D eigenvalue weighted by atomic mass is 10.1. The van der Waals surface area contributed by atoms with E-state index in [1.54, 1.807) is 21.9 Å². The Kier molecular flexibility index (Phi) is 5.39. The molecule has 0 radical (unpaired) electrons. The third-order valence-electron chi connectivity index (χ3n) is 5.13. The molecular weight excluding hydrogens is 336 g/mol. The number of benzene rings is 1. The highest BCUT2D eigenvalue weighted by molar-refractivity contribution is 5.96. The Morgan fingerprint density at radius 1 is 0.962 bits per heavy atom. The van der Waals surface area contributed by atoms with E-state index in [1.807, 2.05) is 4.90 Å². The van der Waals surface area contributed by atoms with Gasteiger partial charge in [0.2, 0.25) is 5.91 Å². The third kappa shape index (κ3) is 3.79. The summed E-state index contributed by atoms with van der Waals surface area (Å²) in [7, 11) is 0. The summed E-state index contributed by atoms with van der Waals surface area (Å²) in [6.45, 7) is 5.11. The van der Waals surface area contributed by atoms with Crippen LogP contribution in [0.15, 0.2) is 18.2 Å². The molecule has 0 unspecified atom stereocenters. The molecule has 8 heteroatoms. The first-order chi connectivity index (χ1) is 12.5. The molecule has 140 valence electrons. The Bertz CT molecular complexity index is 707. The van der Waals surface area contributed by atoms with Crippen LogP contribution >= 0.6 is 0 Å². The molecule has 2 amide bonds. The average molecular weight is 360 g/mol. The molecule has 2 aliphatic heterocycles. The summed E-state index contributed by atoms with van der Waals surface area (Å²) >= 11 is 0. The van der Waals surface area contributed by atoms with Crippen LogP contribution < -0.4 is 4.90 Å². The number of nitro groups is 1. The van der Waals surface area contributed by atoms with Gasteiger partial charge in [-0.05, 0) is 31.4 Å². The number of piperidine rings is 1. The number of carbonyl (C=O) groups is 2. The van der Waals surface area contributed by atoms with Gasteiger partial charge < -0.3 is 14.7 Å². The van der Waals surface area contributed by atoms with Gasteiger partial charge in [-0.25, -0.2) is 0 Å². The van der Waals surface area contributed by atoms with Crippen molar-refractivity contribution >= 4 is 23.2 Å². The van der Waals surface area contributed by atoms with E-state index >= 15 is 0 Å². The van der Waals surface area contributed by atoms with E-state index in [2.05, 4.69) is 0 Å². The second-order valence-corrected chi connectivity index (χ2v) is 6.81. The van der Waals surface area contributed by atoms with Crippen molar-refractivity contribution in [3.63, 3.8) is 0 Å². The standard InChI is InChI=1S/C18H24N4O4/c1-14(23)19-9-11-20(12-10-19)16-6-5-15(13-17(16)22(25)26)18(24)21-7-3-2-4-8-21/h5-6,13H,2-4,7-12H2,1H3. The van der Waals surface area contributed by atoms with Gasteiger partial charge in [-0.15, -0.1) is 0 Å². The Morgan fingerprint density at radius 3 is 2.19 bits per heavy atom. The number of nitro benzene ring substituents is 1. The molecule has 2 heterocycles. The van der Waals surface area contributed by atoms with Gasteiger partial charge in [0.15, 0.2) is 0 Å². The molecule has 0 aromatic heterocycles. The van der Waals surface area contributed by atoms with Gasteiger partial charge in [-0.1, -0.05) is 0 Å². The number of amides is 2. The van der Waals surface area contributed by atoms with Gasteiger partial charge in [0.1, 0.15) is 5.69 Å². The summed E-state index contributed by atoms with van der Waals surface area (Å²) in [5.74, 6) is -0.123. The van der Waals surface area contributed by atoms with Crippen LogP contribution in [0.3, 0.4) is 0 Å². The van der Waals surface area contributed by atoms with Gasteiger partial charge >= 0.3 is 0 Å². The maximum Gasteiger partial charge on any atom is 0.293 e. The maximum atomic E-state index is 12.6. The number of carbonyl (C=O) groups excluding carboxylic acids is 2. The molecule has 0 saturated carbocycles. The molecule has 1 aromatic rings. The van der Waals surface area contributed by atoms with Crippen LogP contribution in [0.1, 0.15) is 36.5 Å². The normalized spacial score (nSPS) is 18.0. The number of anilines is 1. The monoisotopic (exact) mass is 360 g/mol. The highest BCUT2D eigenvalue weighted by Gasteiger charge is 2.27. The van der Waals surface area contributed by atoms with Gasteiger partial charge in [0, 0.05) is 57.8 Å². The topological polar surface area (TPSA) is 87.0 Å². The summed E-state index contributed by atoms with van der Waals surface area (Å²) in [4.78, 5) is 40.6. The molecule has 0 spiro atoms. The maximum absolute atomic E-state index is 12.6. The number of piperazine rings is 1. The number of rotatable bonds is 3. The largest absolute Gasteiger partial charge is 0.362 e. The van der Waals surface area contributed by atoms with Crippen LogP contribution in [0.2, 0.25) is 0 Å². The van der Waals surface area contributed by atoms with E-state index < -0.39 is 4.92 Å². The first-order valence-corrected chi connectivity index (χ1v) is 9.05. The number of likely N-dealkylation sites (tertiary alicyclic amines) is 1. The van der Waals surface area contributed by atoms with E-state index in [0.717, 1.165) is 19.3 Å². The zero-order chi connectivity index (χ0) is 18.7. The highest BCUT2D eigenvalue weighted by Crippen LogP contribution is 2.31. The second-order valence-electron chi connectivity index (χ2n) is 6.81. The van der Waals surface area contributed by atoms with Crippen molar-refractivity contribution in [1.82, 2.24) is 9.80 Å². The lowest BCUT2D eigenvalue weighted by Crippen LogP contribution is -2.48. The van der Waals surface area contributed by atoms with E-state index in [-0.39, 0.29) is 17.5 Å². The van der Waals surface area contributed by atoms with E-state index in [9.17, 15) is 19.7 Å². The van der Waals surface area contributed by atoms with Crippen molar-refractivity contribution in [3.8, 4) is 0 Å². The Balaban J connectivity index is 1.80. The Hall–Kier alpha value is -2.64. The summed E-state index contributed by atoms with van der Waals surface area (Å²) in [6, 6.07) is 4.74. The molecule has 0 atom stereocenters. The van der Waals surface area contributed by atoms with Crippen LogP contribution in [0, 0.1) is 10.1 Å². The van der Waals surface area contributed by atoms with Crippen LogP contribution in [0.4, 0.5) is 11.4 Å². The molecule has 1 aromatic carbocycles. The molecule has 26 heavy (non-hydrogen) atoms. The summed E-state index contributed by atoms with van der Waals surface area (Å²) in [5.41, 5.74) is 0.822. The first-order valence-electron chi connectivity index (χ1n) is 9.05. The SMILES string of the molecule is CC(=O)N1CCN(c2ccc(C(=O)N3CCCCC3)cc2[N+](=O)[O-])CC1. The predicted octanol–water partition coefficient (Wildman–Crippen LogP) is 1.89. The van der Waals surface area contributed by atoms with Crippen molar-refractivity contribution in [2.75, 3.05) is 44.2 Å². The van der Waals surface area contributed by atoms with Crippen molar-refractivity contribution < 1.29 is 14.5 Å². The molecule has 0 N–H and O–H groups in total. The number of nitrogens with zero attached hydrogens (tertiary/aromatic N) is 4. The first kappa shape index (κ1) is 18.2. The van der Waals surface area contributed by atoms with Gasteiger partial charge in [-0.2, -0.15) is 0 Å². The second kappa shape index (κ2) is 7.72. The van der Waals surface area contributed by atoms with Gasteiger partial charge in [0.05, 0.1) is 4.92 Å². The molecular formula is C18H24N4O4. The van der Waals surface area contributed by atoms with Crippen molar-refractivity contribution in [2.45, 2.75) is 26.2 Å². The van der Waals surface area contributed by atoms with E-state index in [1.165, 1.54) is 13.0 Å². The molecule has 2 fully saturated rings. The van der Waals surface area contributed by atoms with Gasteiger partial charge in [0.25, 0.3) is 11.6 Å². The third-order valence-corrected chi connectivity index (χ3v) is 5.13. The minimum atomic E-state index is -0.431. The predicted molar refractivity (Wildman–Crippen MR) is 97.3 cm³/mol. The quantitative estimate of drug-likeness (QED) is 0.607. The Morgan fingerprint density at radius 2 is 1.62 bits per heavy atom. The minimum absolute atomic E-state index is 0.0154. The number of hydrogen-bond donors (Lipinski definition) is 0.